The number of rotatable bonds is 4. The summed E-state index contributed by atoms with van der Waals surface area (Å²) in [6.45, 7) is 5.99. The predicted molar refractivity (Wildman–Crippen MR) is 141 cm³/mol. The number of barbiturate groups is 1. The van der Waals surface area contributed by atoms with Crippen LogP contribution in [-0.2, 0) is 9.59 Å². The first kappa shape index (κ1) is 23.1. The van der Waals surface area contributed by atoms with Gasteiger partial charge >= 0.3 is 6.03 Å². The first-order valence-corrected chi connectivity index (χ1v) is 11.7. The second-order valence-corrected chi connectivity index (χ2v) is 8.74. The molecule has 178 valence electrons. The van der Waals surface area contributed by atoms with Crippen molar-refractivity contribution < 1.29 is 14.4 Å². The zero-order valence-electron chi connectivity index (χ0n) is 20.3. The molecule has 4 amide bonds. The lowest BCUT2D eigenvalue weighted by Crippen LogP contribution is -2.57. The summed E-state index contributed by atoms with van der Waals surface area (Å²) < 4.78 is 2.11. The fourth-order valence-electron chi connectivity index (χ4n) is 4.61. The summed E-state index contributed by atoms with van der Waals surface area (Å²) >= 11 is 0. The number of amides is 4. The van der Waals surface area contributed by atoms with Crippen molar-refractivity contribution in [3.63, 3.8) is 0 Å². The van der Waals surface area contributed by atoms with E-state index >= 15 is 0 Å². The van der Waals surface area contributed by atoms with Gasteiger partial charge in [-0.3, -0.25) is 9.59 Å². The largest absolute Gasteiger partial charge is 0.343 e. The molecule has 5 rings (SSSR count). The number of imide groups is 2. The lowest BCUT2D eigenvalue weighted by Gasteiger charge is -2.33. The number of anilines is 2. The maximum absolute atomic E-state index is 13.6. The summed E-state index contributed by atoms with van der Waals surface area (Å²) in [4.78, 5) is 42.9. The predicted octanol–water partition coefficient (Wildman–Crippen LogP) is 5.99. The van der Waals surface area contributed by atoms with Gasteiger partial charge in [0.25, 0.3) is 11.8 Å². The molecule has 1 aliphatic rings. The Morgan fingerprint density at radius 2 is 1.14 bits per heavy atom. The average Bonchev–Trinajstić information content (AvgIpc) is 3.16. The van der Waals surface area contributed by atoms with Gasteiger partial charge in [-0.15, -0.1) is 0 Å². The number of hydrogen-bond acceptors (Lipinski definition) is 3. The van der Waals surface area contributed by atoms with Crippen molar-refractivity contribution in [1.29, 1.82) is 0 Å². The van der Waals surface area contributed by atoms with Gasteiger partial charge in [0.05, 0.1) is 11.4 Å². The highest BCUT2D eigenvalue weighted by Crippen LogP contribution is 2.31. The molecule has 6 nitrogen and oxygen atoms in total. The van der Waals surface area contributed by atoms with E-state index in [0.717, 1.165) is 38.0 Å². The van der Waals surface area contributed by atoms with Crippen molar-refractivity contribution in [2.45, 2.75) is 20.8 Å². The molecule has 36 heavy (non-hydrogen) atoms. The molecule has 1 fully saturated rings. The number of nitrogens with zero attached hydrogens (tertiary/aromatic N) is 3. The average molecular weight is 476 g/mol. The first-order chi connectivity index (χ1) is 17.4. The zero-order chi connectivity index (χ0) is 25.4. The van der Waals surface area contributed by atoms with Gasteiger partial charge in [0.15, 0.2) is 0 Å². The molecule has 1 saturated heterocycles. The van der Waals surface area contributed by atoms with Gasteiger partial charge in [-0.2, -0.15) is 0 Å². The van der Waals surface area contributed by atoms with Crippen LogP contribution in [0.3, 0.4) is 0 Å². The smallest absolute Gasteiger partial charge is 0.318 e. The second-order valence-electron chi connectivity index (χ2n) is 8.74. The lowest BCUT2D eigenvalue weighted by molar-refractivity contribution is -0.121. The zero-order valence-corrected chi connectivity index (χ0v) is 20.3. The number of hydrogen-bond donors (Lipinski definition) is 0. The van der Waals surface area contributed by atoms with E-state index in [1.807, 2.05) is 51.1 Å². The summed E-state index contributed by atoms with van der Waals surface area (Å²) in [7, 11) is 0. The van der Waals surface area contributed by atoms with Crippen molar-refractivity contribution in [3.05, 3.63) is 119 Å². The van der Waals surface area contributed by atoms with Crippen LogP contribution in [0.15, 0.2) is 96.6 Å². The van der Waals surface area contributed by atoms with E-state index in [1.54, 1.807) is 66.7 Å². The highest BCUT2D eigenvalue weighted by atomic mass is 16.2. The Morgan fingerprint density at radius 3 is 1.67 bits per heavy atom. The second kappa shape index (κ2) is 9.15. The van der Waals surface area contributed by atoms with Crippen molar-refractivity contribution >= 4 is 35.3 Å². The maximum Gasteiger partial charge on any atom is 0.343 e. The van der Waals surface area contributed by atoms with Crippen LogP contribution in [0, 0.1) is 20.8 Å². The summed E-state index contributed by atoms with van der Waals surface area (Å²) in [5, 5.41) is 0. The molecule has 0 aliphatic carbocycles. The minimum atomic E-state index is -0.704. The molecular weight excluding hydrogens is 450 g/mol. The summed E-state index contributed by atoms with van der Waals surface area (Å²) in [6.07, 6.45) is 1.60. The molecule has 3 aromatic carbocycles. The van der Waals surface area contributed by atoms with E-state index in [1.165, 1.54) is 0 Å². The van der Waals surface area contributed by atoms with Crippen LogP contribution in [0.1, 0.15) is 22.5 Å². The molecule has 1 aromatic heterocycles. The summed E-state index contributed by atoms with van der Waals surface area (Å²) in [6, 6.07) is 26.6. The molecule has 6 heteroatoms. The Kier molecular flexibility index (Phi) is 5.86. The van der Waals surface area contributed by atoms with Crippen LogP contribution in [-0.4, -0.2) is 22.4 Å². The Morgan fingerprint density at radius 1 is 0.639 bits per heavy atom. The van der Waals surface area contributed by atoms with E-state index in [0.29, 0.717) is 11.4 Å². The monoisotopic (exact) mass is 475 g/mol. The van der Waals surface area contributed by atoms with Gasteiger partial charge < -0.3 is 4.57 Å². The van der Waals surface area contributed by atoms with Gasteiger partial charge in [-0.1, -0.05) is 54.6 Å². The number of para-hydroxylation sites is 3. The third-order valence-corrected chi connectivity index (χ3v) is 6.40. The standard InChI is InChI=1S/C30H25N3O3/c1-20-12-10-11-17-27(20)31-21(2)18-23(22(31)3)19-26-28(34)32(24-13-6-4-7-14-24)30(36)33(29(26)35)25-15-8-5-9-16-25/h4-19H,1-3H3. The van der Waals surface area contributed by atoms with Crippen LogP contribution in [0.5, 0.6) is 0 Å². The normalized spacial score (nSPS) is 14.0. The van der Waals surface area contributed by atoms with Gasteiger partial charge in [-0.05, 0) is 74.4 Å². The maximum atomic E-state index is 13.6. The lowest BCUT2D eigenvalue weighted by atomic mass is 10.0. The van der Waals surface area contributed by atoms with Gasteiger partial charge in [0.2, 0.25) is 0 Å². The van der Waals surface area contributed by atoms with E-state index < -0.39 is 17.8 Å². The van der Waals surface area contributed by atoms with Gasteiger partial charge in [0.1, 0.15) is 5.57 Å². The van der Waals surface area contributed by atoms with Crippen LogP contribution in [0.25, 0.3) is 11.8 Å². The number of benzene rings is 3. The molecule has 2 heterocycles. The molecule has 0 N–H and O–H groups in total. The van der Waals surface area contributed by atoms with Gasteiger partial charge in [-0.25, -0.2) is 14.6 Å². The highest BCUT2D eigenvalue weighted by Gasteiger charge is 2.43. The van der Waals surface area contributed by atoms with E-state index in [-0.39, 0.29) is 5.57 Å². The minimum Gasteiger partial charge on any atom is -0.318 e. The SMILES string of the molecule is Cc1ccccc1-n1c(C)cc(C=C2C(=O)N(c3ccccc3)C(=O)N(c3ccccc3)C2=O)c1C. The van der Waals surface area contributed by atoms with Crippen molar-refractivity contribution in [2.75, 3.05) is 9.80 Å². The van der Waals surface area contributed by atoms with Crippen LogP contribution >= 0.6 is 0 Å². The molecule has 0 radical (unpaired) electrons. The van der Waals surface area contributed by atoms with Crippen LogP contribution < -0.4 is 9.80 Å². The molecule has 4 aromatic rings. The number of urea groups is 1. The number of aromatic nitrogens is 1. The molecule has 0 spiro atoms. The topological polar surface area (TPSA) is 62.6 Å². The molecule has 0 saturated carbocycles. The van der Waals surface area contributed by atoms with Crippen LogP contribution in [0.4, 0.5) is 16.2 Å². The molecule has 0 atom stereocenters. The third-order valence-electron chi connectivity index (χ3n) is 6.40. The number of aryl methyl sites for hydroxylation is 2. The van der Waals surface area contributed by atoms with Gasteiger partial charge in [0, 0.05) is 17.1 Å². The Labute approximate surface area is 209 Å². The van der Waals surface area contributed by atoms with E-state index in [4.69, 9.17) is 0 Å². The van der Waals surface area contributed by atoms with E-state index in [2.05, 4.69) is 4.57 Å². The van der Waals surface area contributed by atoms with E-state index in [9.17, 15) is 14.4 Å². The third kappa shape index (κ3) is 3.82. The molecule has 0 bridgehead atoms. The summed E-state index contributed by atoms with van der Waals surface area (Å²) in [5.41, 5.74) is 5.47. The minimum absolute atomic E-state index is 0.0765. The van der Waals surface area contributed by atoms with Crippen molar-refractivity contribution in [3.8, 4) is 5.69 Å². The Balaban J connectivity index is 1.67. The first-order valence-electron chi connectivity index (χ1n) is 11.7. The summed E-state index contributed by atoms with van der Waals surface area (Å²) in [5.74, 6) is -1.30. The quantitative estimate of drug-likeness (QED) is 0.269. The fraction of sp³-hybridized carbons (Fsp3) is 0.100. The Bertz CT molecular complexity index is 1450. The molecule has 1 aliphatic heterocycles. The molecule has 0 unspecified atom stereocenters. The Hall–Kier alpha value is -4.71. The number of carbonyl (C=O) groups is 3. The van der Waals surface area contributed by atoms with Crippen molar-refractivity contribution in [1.82, 2.24) is 4.57 Å². The van der Waals surface area contributed by atoms with Crippen LogP contribution in [0.2, 0.25) is 0 Å². The van der Waals surface area contributed by atoms with Crippen molar-refractivity contribution in [2.24, 2.45) is 0 Å². The highest BCUT2D eigenvalue weighted by molar-refractivity contribution is 6.46. The number of carbonyl (C=O) groups excluding carboxylic acids is 3. The fourth-order valence-corrected chi connectivity index (χ4v) is 4.61. The molecular formula is C30H25N3O3.